The van der Waals surface area contributed by atoms with E-state index in [2.05, 4.69) is 10.1 Å². The Balaban J connectivity index is 1.44. The quantitative estimate of drug-likeness (QED) is 0.696. The van der Waals surface area contributed by atoms with Gasteiger partial charge in [0.05, 0.1) is 17.3 Å². The number of carbonyl (C=O) groups is 1. The summed E-state index contributed by atoms with van der Waals surface area (Å²) in [6.45, 7) is 3.15. The SMILES string of the molecule is Cc1noc([C@@H]2CCCN(C(=O)c3cc(C4CC4)nn3-c3ccccc3)C2)n1. The molecule has 7 heteroatoms. The smallest absolute Gasteiger partial charge is 0.272 e. The average molecular weight is 377 g/mol. The topological polar surface area (TPSA) is 77.0 Å². The van der Waals surface area contributed by atoms with Gasteiger partial charge in [0.15, 0.2) is 5.82 Å². The molecule has 1 saturated carbocycles. The van der Waals surface area contributed by atoms with Gasteiger partial charge in [0.25, 0.3) is 5.91 Å². The molecule has 1 amide bonds. The lowest BCUT2D eigenvalue weighted by Crippen LogP contribution is -2.40. The molecule has 1 aliphatic heterocycles. The first kappa shape index (κ1) is 17.2. The summed E-state index contributed by atoms with van der Waals surface area (Å²) in [6, 6.07) is 11.9. The van der Waals surface area contributed by atoms with Crippen LogP contribution in [-0.2, 0) is 0 Å². The summed E-state index contributed by atoms with van der Waals surface area (Å²) in [5.74, 6) is 1.87. The molecule has 1 saturated heterocycles. The normalized spacial score (nSPS) is 19.8. The van der Waals surface area contributed by atoms with Crippen LogP contribution in [-0.4, -0.2) is 43.8 Å². The van der Waals surface area contributed by atoms with Crippen molar-refractivity contribution >= 4 is 5.91 Å². The number of hydrogen-bond donors (Lipinski definition) is 0. The van der Waals surface area contributed by atoms with E-state index in [0.717, 1.165) is 43.6 Å². The number of benzene rings is 1. The molecule has 0 radical (unpaired) electrons. The lowest BCUT2D eigenvalue weighted by atomic mass is 9.97. The highest BCUT2D eigenvalue weighted by atomic mass is 16.5. The predicted molar refractivity (Wildman–Crippen MR) is 102 cm³/mol. The van der Waals surface area contributed by atoms with Crippen LogP contribution in [0.5, 0.6) is 0 Å². The first-order valence-corrected chi connectivity index (χ1v) is 9.94. The lowest BCUT2D eigenvalue weighted by molar-refractivity contribution is 0.0686. The third-order valence-corrected chi connectivity index (χ3v) is 5.54. The molecule has 1 atom stereocenters. The highest BCUT2D eigenvalue weighted by Crippen LogP contribution is 2.40. The highest BCUT2D eigenvalue weighted by Gasteiger charge is 2.33. The van der Waals surface area contributed by atoms with Crippen LogP contribution >= 0.6 is 0 Å². The van der Waals surface area contributed by atoms with E-state index in [1.165, 1.54) is 0 Å². The Bertz CT molecular complexity index is 989. The molecule has 0 N–H and O–H groups in total. The molecule has 28 heavy (non-hydrogen) atoms. The van der Waals surface area contributed by atoms with E-state index in [4.69, 9.17) is 9.62 Å². The van der Waals surface area contributed by atoms with E-state index in [-0.39, 0.29) is 11.8 Å². The molecular formula is C21H23N5O2. The van der Waals surface area contributed by atoms with Crippen molar-refractivity contribution in [2.24, 2.45) is 0 Å². The van der Waals surface area contributed by atoms with Crippen LogP contribution in [0.4, 0.5) is 0 Å². The predicted octanol–water partition coefficient (Wildman–Crippen LogP) is 3.46. The number of aryl methyl sites for hydroxylation is 1. The molecule has 2 aromatic heterocycles. The van der Waals surface area contributed by atoms with Crippen LogP contribution in [0.25, 0.3) is 5.69 Å². The van der Waals surface area contributed by atoms with Gasteiger partial charge < -0.3 is 9.42 Å². The Morgan fingerprint density at radius 2 is 1.96 bits per heavy atom. The zero-order valence-electron chi connectivity index (χ0n) is 15.9. The maximum absolute atomic E-state index is 13.4. The van der Waals surface area contributed by atoms with E-state index in [9.17, 15) is 4.79 Å². The van der Waals surface area contributed by atoms with Crippen molar-refractivity contribution in [3.63, 3.8) is 0 Å². The fourth-order valence-electron chi connectivity index (χ4n) is 3.90. The van der Waals surface area contributed by atoms with Crippen LogP contribution in [0.3, 0.4) is 0 Å². The molecule has 0 bridgehead atoms. The van der Waals surface area contributed by atoms with Gasteiger partial charge in [-0.05, 0) is 50.8 Å². The van der Waals surface area contributed by atoms with Crippen LogP contribution in [0, 0.1) is 6.92 Å². The van der Waals surface area contributed by atoms with Crippen LogP contribution in [0.1, 0.15) is 65.4 Å². The minimum absolute atomic E-state index is 0.0178. The van der Waals surface area contributed by atoms with E-state index < -0.39 is 0 Å². The molecular weight excluding hydrogens is 354 g/mol. The third-order valence-electron chi connectivity index (χ3n) is 5.54. The van der Waals surface area contributed by atoms with Gasteiger partial charge in [-0.15, -0.1) is 0 Å². The first-order valence-electron chi connectivity index (χ1n) is 9.94. The first-order chi connectivity index (χ1) is 13.7. The second-order valence-corrected chi connectivity index (χ2v) is 7.75. The molecule has 7 nitrogen and oxygen atoms in total. The van der Waals surface area contributed by atoms with E-state index >= 15 is 0 Å². The second kappa shape index (κ2) is 6.89. The summed E-state index contributed by atoms with van der Waals surface area (Å²) in [4.78, 5) is 19.7. The van der Waals surface area contributed by atoms with E-state index in [1.807, 2.05) is 48.2 Å². The molecule has 5 rings (SSSR count). The second-order valence-electron chi connectivity index (χ2n) is 7.75. The summed E-state index contributed by atoms with van der Waals surface area (Å²) in [6.07, 6.45) is 4.19. The number of hydrogen-bond acceptors (Lipinski definition) is 5. The Hall–Kier alpha value is -2.96. The van der Waals surface area contributed by atoms with Crippen molar-refractivity contribution in [2.45, 2.75) is 44.4 Å². The van der Waals surface area contributed by atoms with Gasteiger partial charge >= 0.3 is 0 Å². The minimum atomic E-state index is 0.0178. The maximum atomic E-state index is 13.4. The van der Waals surface area contributed by atoms with Gasteiger partial charge in [0.2, 0.25) is 5.89 Å². The average Bonchev–Trinajstić information content (AvgIpc) is 3.34. The Morgan fingerprint density at radius 3 is 2.68 bits per heavy atom. The number of piperidine rings is 1. The van der Waals surface area contributed by atoms with Gasteiger partial charge in [-0.2, -0.15) is 10.1 Å². The van der Waals surface area contributed by atoms with Crippen LogP contribution in [0.2, 0.25) is 0 Å². The molecule has 1 aromatic carbocycles. The van der Waals surface area contributed by atoms with Crippen LogP contribution < -0.4 is 0 Å². The van der Waals surface area contributed by atoms with Gasteiger partial charge in [0.1, 0.15) is 5.69 Å². The van der Waals surface area contributed by atoms with Crippen molar-refractivity contribution in [3.8, 4) is 5.69 Å². The number of nitrogens with zero attached hydrogens (tertiary/aromatic N) is 5. The summed E-state index contributed by atoms with van der Waals surface area (Å²) in [5.41, 5.74) is 2.57. The lowest BCUT2D eigenvalue weighted by Gasteiger charge is -2.31. The van der Waals surface area contributed by atoms with E-state index in [0.29, 0.717) is 29.9 Å². The monoisotopic (exact) mass is 377 g/mol. The number of para-hydroxylation sites is 1. The van der Waals surface area contributed by atoms with Crippen molar-refractivity contribution in [1.82, 2.24) is 24.8 Å². The summed E-state index contributed by atoms with van der Waals surface area (Å²) in [5, 5.41) is 8.67. The summed E-state index contributed by atoms with van der Waals surface area (Å²) >= 11 is 0. The summed E-state index contributed by atoms with van der Waals surface area (Å²) in [7, 11) is 0. The Kier molecular flexibility index (Phi) is 4.22. The number of amides is 1. The molecule has 3 aromatic rings. The van der Waals surface area contributed by atoms with Crippen molar-refractivity contribution < 1.29 is 9.32 Å². The Morgan fingerprint density at radius 1 is 1.14 bits per heavy atom. The minimum Gasteiger partial charge on any atom is -0.339 e. The zero-order valence-corrected chi connectivity index (χ0v) is 15.9. The number of aromatic nitrogens is 4. The van der Waals surface area contributed by atoms with Gasteiger partial charge in [-0.25, -0.2) is 4.68 Å². The number of carbonyl (C=O) groups excluding carboxylic acids is 1. The molecule has 2 aliphatic rings. The molecule has 144 valence electrons. The van der Waals surface area contributed by atoms with Crippen molar-refractivity contribution in [1.29, 1.82) is 0 Å². The number of likely N-dealkylation sites (tertiary alicyclic amines) is 1. The molecule has 3 heterocycles. The maximum Gasteiger partial charge on any atom is 0.272 e. The Labute approximate surface area is 163 Å². The van der Waals surface area contributed by atoms with Gasteiger partial charge in [0, 0.05) is 19.0 Å². The fourth-order valence-corrected chi connectivity index (χ4v) is 3.90. The highest BCUT2D eigenvalue weighted by molar-refractivity contribution is 5.93. The largest absolute Gasteiger partial charge is 0.339 e. The summed E-state index contributed by atoms with van der Waals surface area (Å²) < 4.78 is 7.16. The van der Waals surface area contributed by atoms with Gasteiger partial charge in [-0.1, -0.05) is 23.4 Å². The standard InChI is InChI=1S/C21H23N5O2/c1-14-22-20(28-24-14)16-6-5-11-25(13-16)21(27)19-12-18(15-9-10-15)23-26(19)17-7-3-2-4-8-17/h2-4,7-8,12,15-16H,5-6,9-11,13H2,1H3/t16-/m1/s1. The molecule has 0 unspecified atom stereocenters. The third kappa shape index (κ3) is 3.21. The van der Waals surface area contributed by atoms with Crippen molar-refractivity contribution in [2.75, 3.05) is 13.1 Å². The number of rotatable bonds is 4. The van der Waals surface area contributed by atoms with Crippen molar-refractivity contribution in [3.05, 3.63) is 59.5 Å². The van der Waals surface area contributed by atoms with E-state index in [1.54, 1.807) is 4.68 Å². The fraction of sp³-hybridized carbons (Fsp3) is 0.429. The molecule has 1 aliphatic carbocycles. The molecule has 2 fully saturated rings. The molecule has 0 spiro atoms. The van der Waals surface area contributed by atoms with Gasteiger partial charge in [-0.3, -0.25) is 4.79 Å². The zero-order chi connectivity index (χ0) is 19.1. The van der Waals surface area contributed by atoms with Crippen LogP contribution in [0.15, 0.2) is 40.9 Å².